The van der Waals surface area contributed by atoms with Crippen molar-refractivity contribution in [3.8, 4) is 17.1 Å². The minimum Gasteiger partial charge on any atom is -0.399 e. The van der Waals surface area contributed by atoms with Crippen molar-refractivity contribution in [2.24, 2.45) is 0 Å². The zero-order valence-electron chi connectivity index (χ0n) is 11.7. The number of nitrogen functional groups attached to an aromatic ring is 1. The van der Waals surface area contributed by atoms with Crippen LogP contribution in [0, 0.1) is 13.8 Å². The first-order valence-electron chi connectivity index (χ1n) is 6.47. The normalized spacial score (nSPS) is 10.8. The fourth-order valence-corrected chi connectivity index (χ4v) is 2.65. The molecule has 1 aromatic heterocycles. The Morgan fingerprint density at radius 3 is 2.67 bits per heavy atom. The number of nitrogens with zero attached hydrogens (tertiary/aromatic N) is 4. The van der Waals surface area contributed by atoms with Gasteiger partial charge in [0.15, 0.2) is 5.82 Å². The number of anilines is 1. The fraction of sp³-hybridized carbons (Fsp3) is 0.133. The summed E-state index contributed by atoms with van der Waals surface area (Å²) in [5.74, 6) is 0.693. The minimum atomic E-state index is 0.693. The van der Waals surface area contributed by atoms with Crippen LogP contribution >= 0.6 is 15.9 Å². The summed E-state index contributed by atoms with van der Waals surface area (Å²) in [6.45, 7) is 4.03. The summed E-state index contributed by atoms with van der Waals surface area (Å²) >= 11 is 3.55. The summed E-state index contributed by atoms with van der Waals surface area (Å²) in [5.41, 5.74) is 10.6. The summed E-state index contributed by atoms with van der Waals surface area (Å²) in [6.07, 6.45) is 0. The van der Waals surface area contributed by atoms with Gasteiger partial charge < -0.3 is 5.73 Å². The van der Waals surface area contributed by atoms with Crippen LogP contribution in [0.1, 0.15) is 11.1 Å². The number of nitrogens with two attached hydrogens (primary N) is 1. The van der Waals surface area contributed by atoms with Gasteiger partial charge in [-0.05, 0) is 81.7 Å². The van der Waals surface area contributed by atoms with E-state index in [0.29, 0.717) is 5.82 Å². The van der Waals surface area contributed by atoms with E-state index in [-0.39, 0.29) is 0 Å². The first-order chi connectivity index (χ1) is 10.1. The molecule has 106 valence electrons. The third-order valence-corrected chi connectivity index (χ3v) is 3.96. The molecule has 0 aliphatic rings. The molecule has 0 unspecified atom stereocenters. The van der Waals surface area contributed by atoms with Gasteiger partial charge in [0.2, 0.25) is 0 Å². The van der Waals surface area contributed by atoms with Gasteiger partial charge in [-0.15, -0.1) is 5.10 Å². The van der Waals surface area contributed by atoms with E-state index in [0.717, 1.165) is 32.5 Å². The molecule has 3 rings (SSSR count). The molecule has 0 bridgehead atoms. The molecule has 0 aliphatic carbocycles. The molecule has 0 aliphatic heterocycles. The van der Waals surface area contributed by atoms with Crippen LogP contribution in [0.4, 0.5) is 5.69 Å². The highest BCUT2D eigenvalue weighted by Crippen LogP contribution is 2.28. The third kappa shape index (κ3) is 2.54. The lowest BCUT2D eigenvalue weighted by Gasteiger charge is -2.10. The van der Waals surface area contributed by atoms with Gasteiger partial charge in [0.1, 0.15) is 0 Å². The Kier molecular flexibility index (Phi) is 3.47. The molecule has 5 nitrogen and oxygen atoms in total. The van der Waals surface area contributed by atoms with Crippen LogP contribution in [0.5, 0.6) is 0 Å². The lowest BCUT2D eigenvalue weighted by Crippen LogP contribution is -2.02. The van der Waals surface area contributed by atoms with E-state index in [9.17, 15) is 0 Å². The Morgan fingerprint density at radius 2 is 1.90 bits per heavy atom. The van der Waals surface area contributed by atoms with Crippen LogP contribution in [0.25, 0.3) is 17.1 Å². The van der Waals surface area contributed by atoms with Crippen LogP contribution in [0.3, 0.4) is 0 Å². The molecule has 3 aromatic rings. The van der Waals surface area contributed by atoms with Crippen molar-refractivity contribution in [1.29, 1.82) is 0 Å². The molecule has 21 heavy (non-hydrogen) atoms. The highest BCUT2D eigenvalue weighted by molar-refractivity contribution is 9.10. The topological polar surface area (TPSA) is 69.6 Å². The molecule has 0 atom stereocenters. The number of aryl methyl sites for hydroxylation is 2. The predicted molar refractivity (Wildman–Crippen MR) is 86.2 cm³/mol. The number of hydrogen-bond donors (Lipinski definition) is 1. The molecular weight excluding hydrogens is 330 g/mol. The Hall–Kier alpha value is -2.21. The lowest BCUT2D eigenvalue weighted by atomic mass is 10.1. The van der Waals surface area contributed by atoms with Gasteiger partial charge in [-0.25, -0.2) is 0 Å². The Balaban J connectivity index is 2.19. The number of tetrazole rings is 1. The second-order valence-electron chi connectivity index (χ2n) is 4.94. The highest BCUT2D eigenvalue weighted by atomic mass is 79.9. The minimum absolute atomic E-state index is 0.693. The number of benzene rings is 2. The van der Waals surface area contributed by atoms with Crippen molar-refractivity contribution < 1.29 is 0 Å². The number of halogens is 1. The zero-order chi connectivity index (χ0) is 15.0. The first kappa shape index (κ1) is 13.8. The maximum atomic E-state index is 5.81. The molecule has 2 aromatic carbocycles. The molecule has 0 saturated carbocycles. The average Bonchev–Trinajstić information content (AvgIpc) is 2.90. The zero-order valence-corrected chi connectivity index (χ0v) is 13.3. The van der Waals surface area contributed by atoms with Gasteiger partial charge in [-0.2, -0.15) is 4.68 Å². The smallest absolute Gasteiger partial charge is 0.187 e. The average molecular weight is 344 g/mol. The van der Waals surface area contributed by atoms with Crippen LogP contribution < -0.4 is 5.73 Å². The van der Waals surface area contributed by atoms with Gasteiger partial charge in [0, 0.05) is 15.7 Å². The summed E-state index contributed by atoms with van der Waals surface area (Å²) in [6, 6.07) is 11.8. The van der Waals surface area contributed by atoms with Gasteiger partial charge in [-0.1, -0.05) is 6.07 Å². The van der Waals surface area contributed by atoms with Gasteiger partial charge in [0.25, 0.3) is 0 Å². The summed E-state index contributed by atoms with van der Waals surface area (Å²) in [7, 11) is 0. The third-order valence-electron chi connectivity index (χ3n) is 3.29. The first-order valence-corrected chi connectivity index (χ1v) is 7.27. The Morgan fingerprint density at radius 1 is 1.10 bits per heavy atom. The second-order valence-corrected chi connectivity index (χ2v) is 5.80. The largest absolute Gasteiger partial charge is 0.399 e. The molecule has 6 heteroatoms. The van der Waals surface area contributed by atoms with Gasteiger partial charge >= 0.3 is 0 Å². The molecule has 0 fully saturated rings. The van der Waals surface area contributed by atoms with Crippen molar-refractivity contribution in [2.75, 3.05) is 5.73 Å². The Bertz CT molecular complexity index is 810. The van der Waals surface area contributed by atoms with E-state index in [1.165, 1.54) is 0 Å². The fourth-order valence-electron chi connectivity index (χ4n) is 2.24. The van der Waals surface area contributed by atoms with Crippen molar-refractivity contribution in [2.45, 2.75) is 13.8 Å². The van der Waals surface area contributed by atoms with Crippen molar-refractivity contribution >= 4 is 21.6 Å². The van der Waals surface area contributed by atoms with Gasteiger partial charge in [-0.3, -0.25) is 0 Å². The van der Waals surface area contributed by atoms with E-state index in [1.807, 2.05) is 50.2 Å². The van der Waals surface area contributed by atoms with E-state index >= 15 is 0 Å². The molecule has 0 saturated heterocycles. The van der Waals surface area contributed by atoms with Crippen molar-refractivity contribution in [3.63, 3.8) is 0 Å². The van der Waals surface area contributed by atoms with Crippen LogP contribution in [0.2, 0.25) is 0 Å². The van der Waals surface area contributed by atoms with E-state index in [1.54, 1.807) is 4.68 Å². The lowest BCUT2D eigenvalue weighted by molar-refractivity contribution is 0.788. The summed E-state index contributed by atoms with van der Waals surface area (Å²) in [4.78, 5) is 0. The molecular formula is C15H14BrN5. The van der Waals surface area contributed by atoms with E-state index in [4.69, 9.17) is 5.73 Å². The predicted octanol–water partition coefficient (Wildman–Crippen LogP) is 3.29. The molecule has 1 heterocycles. The SMILES string of the molecule is Cc1ccc(Br)c(-n2nnnc2-c2ccc(N)cc2C)c1. The maximum Gasteiger partial charge on any atom is 0.187 e. The molecule has 0 radical (unpaired) electrons. The molecule has 0 spiro atoms. The van der Waals surface area contributed by atoms with Crippen LogP contribution in [-0.4, -0.2) is 20.2 Å². The van der Waals surface area contributed by atoms with E-state index in [2.05, 4.69) is 31.5 Å². The summed E-state index contributed by atoms with van der Waals surface area (Å²) < 4.78 is 2.67. The molecule has 2 N–H and O–H groups in total. The van der Waals surface area contributed by atoms with Crippen LogP contribution in [-0.2, 0) is 0 Å². The monoisotopic (exact) mass is 343 g/mol. The highest BCUT2D eigenvalue weighted by Gasteiger charge is 2.15. The second kappa shape index (κ2) is 5.29. The molecule has 0 amide bonds. The number of aromatic nitrogens is 4. The van der Waals surface area contributed by atoms with E-state index < -0.39 is 0 Å². The van der Waals surface area contributed by atoms with Gasteiger partial charge in [0.05, 0.1) is 5.69 Å². The standard InChI is InChI=1S/C15H14BrN5/c1-9-3-6-13(16)14(7-9)21-15(18-19-20-21)12-5-4-11(17)8-10(12)2/h3-8H,17H2,1-2H3. The maximum absolute atomic E-state index is 5.81. The number of rotatable bonds is 2. The quantitative estimate of drug-likeness (QED) is 0.725. The van der Waals surface area contributed by atoms with Crippen LogP contribution in [0.15, 0.2) is 40.9 Å². The number of hydrogen-bond acceptors (Lipinski definition) is 4. The summed E-state index contributed by atoms with van der Waals surface area (Å²) in [5, 5.41) is 12.1. The van der Waals surface area contributed by atoms with Crippen molar-refractivity contribution in [3.05, 3.63) is 52.0 Å². The van der Waals surface area contributed by atoms with Crippen molar-refractivity contribution in [1.82, 2.24) is 20.2 Å². The Labute approximate surface area is 130 Å².